The SMILES string of the molecule is O=C(COC(=O)[C@H]1CC(=O)N(c2ccc([N+](=O)[O-])cc2)C1)c1ccccc1. The van der Waals surface area contributed by atoms with E-state index in [-0.39, 0.29) is 37.0 Å². The highest BCUT2D eigenvalue weighted by Gasteiger charge is 2.36. The number of nitrogens with zero attached hydrogens (tertiary/aromatic N) is 2. The molecule has 0 bridgehead atoms. The van der Waals surface area contributed by atoms with E-state index in [1.807, 2.05) is 0 Å². The molecule has 138 valence electrons. The fourth-order valence-corrected chi connectivity index (χ4v) is 2.83. The Hall–Kier alpha value is -3.55. The first-order valence-electron chi connectivity index (χ1n) is 8.25. The van der Waals surface area contributed by atoms with E-state index in [0.29, 0.717) is 11.3 Å². The number of rotatable bonds is 6. The number of carbonyl (C=O) groups is 3. The predicted molar refractivity (Wildman–Crippen MR) is 95.3 cm³/mol. The molecule has 0 unspecified atom stereocenters. The number of non-ortho nitro benzene ring substituents is 1. The lowest BCUT2D eigenvalue weighted by Crippen LogP contribution is -2.27. The van der Waals surface area contributed by atoms with Crippen LogP contribution in [0, 0.1) is 16.0 Å². The Morgan fingerprint density at radius 2 is 1.78 bits per heavy atom. The maximum atomic E-state index is 12.2. The number of hydrogen-bond acceptors (Lipinski definition) is 6. The largest absolute Gasteiger partial charge is 0.457 e. The van der Waals surface area contributed by atoms with Crippen molar-refractivity contribution in [3.63, 3.8) is 0 Å². The summed E-state index contributed by atoms with van der Waals surface area (Å²) in [5, 5.41) is 10.7. The minimum Gasteiger partial charge on any atom is -0.457 e. The number of carbonyl (C=O) groups excluding carboxylic acids is 3. The number of benzene rings is 2. The summed E-state index contributed by atoms with van der Waals surface area (Å²) in [6.07, 6.45) is -0.0324. The van der Waals surface area contributed by atoms with E-state index in [9.17, 15) is 24.5 Å². The lowest BCUT2D eigenvalue weighted by atomic mass is 10.1. The number of anilines is 1. The standard InChI is InChI=1S/C19H16N2O6/c22-17(13-4-2-1-3-5-13)12-27-19(24)14-10-18(23)20(11-14)15-6-8-16(9-7-15)21(25)26/h1-9,14H,10-12H2/t14-/m0/s1. The molecule has 0 radical (unpaired) electrons. The van der Waals surface area contributed by atoms with Crippen molar-refractivity contribution in [2.75, 3.05) is 18.1 Å². The number of ketones is 1. The molecule has 0 aromatic heterocycles. The van der Waals surface area contributed by atoms with Gasteiger partial charge in [-0.3, -0.25) is 24.5 Å². The second-order valence-corrected chi connectivity index (χ2v) is 6.08. The summed E-state index contributed by atoms with van der Waals surface area (Å²) < 4.78 is 5.07. The van der Waals surface area contributed by atoms with Crippen molar-refractivity contribution in [2.45, 2.75) is 6.42 Å². The van der Waals surface area contributed by atoms with Crippen LogP contribution < -0.4 is 4.90 Å². The molecule has 0 saturated carbocycles. The van der Waals surface area contributed by atoms with Gasteiger partial charge in [0.15, 0.2) is 12.4 Å². The quantitative estimate of drug-likeness (QED) is 0.335. The summed E-state index contributed by atoms with van der Waals surface area (Å²) in [4.78, 5) is 47.9. The highest BCUT2D eigenvalue weighted by atomic mass is 16.6. The van der Waals surface area contributed by atoms with Crippen LogP contribution >= 0.6 is 0 Å². The minimum absolute atomic E-state index is 0.0324. The van der Waals surface area contributed by atoms with Gasteiger partial charge in [-0.1, -0.05) is 30.3 Å². The first kappa shape index (κ1) is 18.2. The van der Waals surface area contributed by atoms with Crippen LogP contribution in [-0.2, 0) is 14.3 Å². The molecule has 1 saturated heterocycles. The normalized spacial score (nSPS) is 16.2. The van der Waals surface area contributed by atoms with Gasteiger partial charge < -0.3 is 9.64 Å². The van der Waals surface area contributed by atoms with Crippen LogP contribution in [0.25, 0.3) is 0 Å². The minimum atomic E-state index is -0.684. The number of amides is 1. The van der Waals surface area contributed by atoms with E-state index >= 15 is 0 Å². The van der Waals surface area contributed by atoms with E-state index in [1.54, 1.807) is 30.3 Å². The van der Waals surface area contributed by atoms with Gasteiger partial charge in [-0.25, -0.2) is 0 Å². The molecule has 1 heterocycles. The fraction of sp³-hybridized carbons (Fsp3) is 0.211. The molecule has 0 spiro atoms. The summed E-state index contributed by atoms with van der Waals surface area (Å²) in [5.41, 5.74) is 0.836. The number of hydrogen-bond donors (Lipinski definition) is 0. The summed E-state index contributed by atoms with van der Waals surface area (Å²) in [5.74, 6) is -1.89. The summed E-state index contributed by atoms with van der Waals surface area (Å²) >= 11 is 0. The molecule has 27 heavy (non-hydrogen) atoms. The Morgan fingerprint density at radius 3 is 2.41 bits per heavy atom. The molecular weight excluding hydrogens is 352 g/mol. The second-order valence-electron chi connectivity index (χ2n) is 6.08. The average molecular weight is 368 g/mol. The number of nitro benzene ring substituents is 1. The average Bonchev–Trinajstić information content (AvgIpc) is 3.08. The number of ether oxygens (including phenoxy) is 1. The van der Waals surface area contributed by atoms with Gasteiger partial charge in [0.25, 0.3) is 5.69 Å². The Bertz CT molecular complexity index is 879. The fourth-order valence-electron chi connectivity index (χ4n) is 2.83. The summed E-state index contributed by atoms with van der Waals surface area (Å²) in [6, 6.07) is 14.0. The van der Waals surface area contributed by atoms with Crippen LogP contribution in [0.4, 0.5) is 11.4 Å². The van der Waals surface area contributed by atoms with Gasteiger partial charge in [-0.2, -0.15) is 0 Å². The molecule has 2 aromatic carbocycles. The van der Waals surface area contributed by atoms with Crippen molar-refractivity contribution in [3.05, 3.63) is 70.3 Å². The topological polar surface area (TPSA) is 107 Å². The van der Waals surface area contributed by atoms with Crippen molar-refractivity contribution >= 4 is 29.0 Å². The molecule has 1 amide bonds. The van der Waals surface area contributed by atoms with Gasteiger partial charge in [0.05, 0.1) is 10.8 Å². The third-order valence-electron chi connectivity index (χ3n) is 4.27. The highest BCUT2D eigenvalue weighted by molar-refractivity contribution is 6.01. The third kappa shape index (κ3) is 4.17. The molecule has 0 N–H and O–H groups in total. The van der Waals surface area contributed by atoms with Crippen molar-refractivity contribution < 1.29 is 24.0 Å². The maximum absolute atomic E-state index is 12.2. The number of nitro groups is 1. The molecule has 2 aromatic rings. The van der Waals surface area contributed by atoms with Gasteiger partial charge in [-0.15, -0.1) is 0 Å². The lowest BCUT2D eigenvalue weighted by molar-refractivity contribution is -0.384. The van der Waals surface area contributed by atoms with E-state index in [1.165, 1.54) is 29.2 Å². The predicted octanol–water partition coefficient (Wildman–Crippen LogP) is 2.37. The molecule has 1 aliphatic rings. The number of Topliss-reactive ketones (excluding diaryl/α,β-unsaturated/α-hetero) is 1. The van der Waals surface area contributed by atoms with Crippen LogP contribution in [0.1, 0.15) is 16.8 Å². The summed E-state index contributed by atoms with van der Waals surface area (Å²) in [7, 11) is 0. The van der Waals surface area contributed by atoms with Crippen molar-refractivity contribution in [2.24, 2.45) is 5.92 Å². The van der Waals surface area contributed by atoms with E-state index in [2.05, 4.69) is 0 Å². The van der Waals surface area contributed by atoms with Crippen molar-refractivity contribution in [1.29, 1.82) is 0 Å². The van der Waals surface area contributed by atoms with Gasteiger partial charge in [0.2, 0.25) is 5.91 Å². The first-order valence-corrected chi connectivity index (χ1v) is 8.25. The van der Waals surface area contributed by atoms with Crippen LogP contribution in [0.15, 0.2) is 54.6 Å². The summed E-state index contributed by atoms with van der Waals surface area (Å²) in [6.45, 7) is -0.278. The molecule has 1 fully saturated rings. The molecular formula is C19H16N2O6. The molecule has 0 aliphatic carbocycles. The lowest BCUT2D eigenvalue weighted by Gasteiger charge is -2.16. The Labute approximate surface area is 154 Å². The number of esters is 1. The van der Waals surface area contributed by atoms with Crippen LogP contribution in [0.5, 0.6) is 0 Å². The first-order chi connectivity index (χ1) is 13.0. The molecule has 3 rings (SSSR count). The zero-order valence-electron chi connectivity index (χ0n) is 14.2. The highest BCUT2D eigenvalue weighted by Crippen LogP contribution is 2.27. The van der Waals surface area contributed by atoms with Crippen molar-refractivity contribution in [1.82, 2.24) is 0 Å². The monoisotopic (exact) mass is 368 g/mol. The van der Waals surface area contributed by atoms with Crippen molar-refractivity contribution in [3.8, 4) is 0 Å². The second kappa shape index (κ2) is 7.77. The molecule has 8 nitrogen and oxygen atoms in total. The Balaban J connectivity index is 1.58. The van der Waals surface area contributed by atoms with Gasteiger partial charge in [-0.05, 0) is 12.1 Å². The maximum Gasteiger partial charge on any atom is 0.311 e. The van der Waals surface area contributed by atoms with Crippen LogP contribution in [-0.4, -0.2) is 35.7 Å². The Kier molecular flexibility index (Phi) is 5.25. The van der Waals surface area contributed by atoms with E-state index < -0.39 is 16.8 Å². The third-order valence-corrected chi connectivity index (χ3v) is 4.27. The van der Waals surface area contributed by atoms with Gasteiger partial charge in [0, 0.05) is 36.3 Å². The zero-order valence-corrected chi connectivity index (χ0v) is 14.2. The van der Waals surface area contributed by atoms with Gasteiger partial charge >= 0.3 is 5.97 Å². The molecule has 1 aliphatic heterocycles. The molecule has 8 heteroatoms. The van der Waals surface area contributed by atoms with Crippen LogP contribution in [0.3, 0.4) is 0 Å². The smallest absolute Gasteiger partial charge is 0.311 e. The molecule has 1 atom stereocenters. The zero-order chi connectivity index (χ0) is 19.4. The van der Waals surface area contributed by atoms with E-state index in [4.69, 9.17) is 4.74 Å². The Morgan fingerprint density at radius 1 is 1.11 bits per heavy atom. The van der Waals surface area contributed by atoms with Gasteiger partial charge in [0.1, 0.15) is 0 Å². The van der Waals surface area contributed by atoms with Crippen LogP contribution in [0.2, 0.25) is 0 Å². The van der Waals surface area contributed by atoms with E-state index in [0.717, 1.165) is 0 Å².